The maximum absolute atomic E-state index is 15.6. The number of allylic oxidation sites excluding steroid dienone is 2. The molecule has 5 aliphatic carbocycles. The summed E-state index contributed by atoms with van der Waals surface area (Å²) < 4.78 is 53.5. The third-order valence-corrected chi connectivity index (χ3v) is 21.1. The summed E-state index contributed by atoms with van der Waals surface area (Å²) in [6.45, 7) is 17.9. The number of fused-ring (bicyclic) bond motifs is 7. The van der Waals surface area contributed by atoms with Crippen LogP contribution in [0.15, 0.2) is 11.6 Å². The van der Waals surface area contributed by atoms with Crippen molar-refractivity contribution in [1.29, 1.82) is 0 Å². The van der Waals surface area contributed by atoms with Crippen LogP contribution in [0.2, 0.25) is 0 Å². The minimum atomic E-state index is -1.86. The zero-order valence-electron chi connectivity index (χ0n) is 45.4. The number of esters is 2. The molecule has 4 aliphatic heterocycles. The van der Waals surface area contributed by atoms with Crippen molar-refractivity contribution in [1.82, 2.24) is 0 Å². The van der Waals surface area contributed by atoms with Gasteiger partial charge in [0.15, 0.2) is 31.1 Å². The first kappa shape index (κ1) is 58.6. The Kier molecular flexibility index (Phi) is 16.0. The van der Waals surface area contributed by atoms with Crippen LogP contribution < -0.4 is 0 Å². The lowest BCUT2D eigenvalue weighted by Crippen LogP contribution is -2.68. The quantitative estimate of drug-likeness (QED) is 0.0810. The van der Waals surface area contributed by atoms with E-state index >= 15 is 4.79 Å². The number of ether oxygens (including phenoxy) is 9. The van der Waals surface area contributed by atoms with Gasteiger partial charge in [0.1, 0.15) is 72.6 Å². The van der Waals surface area contributed by atoms with Crippen molar-refractivity contribution >= 4 is 11.9 Å². The van der Waals surface area contributed by atoms with Crippen LogP contribution in [0.4, 0.5) is 0 Å². The molecule has 0 amide bonds. The molecule has 4 saturated heterocycles. The van der Waals surface area contributed by atoms with Gasteiger partial charge in [0.2, 0.25) is 6.29 Å². The van der Waals surface area contributed by atoms with Crippen LogP contribution in [0.5, 0.6) is 0 Å². The molecule has 0 aromatic heterocycles. The van der Waals surface area contributed by atoms with Crippen molar-refractivity contribution in [3.8, 4) is 0 Å². The van der Waals surface area contributed by atoms with Crippen LogP contribution in [0.25, 0.3) is 0 Å². The maximum Gasteiger partial charge on any atom is 0.337 e. The van der Waals surface area contributed by atoms with Gasteiger partial charge in [0.05, 0.1) is 38.1 Å². The number of aliphatic hydroxyl groups is 11. The van der Waals surface area contributed by atoms with E-state index in [0.717, 1.165) is 31.9 Å². The number of aliphatic hydroxyl groups excluding tert-OH is 11. The Morgan fingerprint density at radius 1 is 0.605 bits per heavy atom. The number of methoxy groups -OCH3 is 1. The fraction of sp³-hybridized carbons (Fsp3) is 0.926. The van der Waals surface area contributed by atoms with Crippen LogP contribution in [-0.2, 0) is 52.2 Å². The molecule has 9 rings (SSSR count). The SMILES string of the molecule is COC(=O)[C@H]1O[C@@H](O[C@H]2CC[C@@]3(C)C(CC[C@]4(C)C3CC=C3C5CC(C)(C)CC[C@]5(C(=O)O[C@@H]5OC[C@@H](O)[C@H](O[C@@H]6O[C@@H](C)[C@H](O)[C@@H](O)[C@H]6O)[C@H]5O[C@@H]5O[C@@H](C)[C@H](O)[C@@H](O)[C@H]5O)[C@H](O)C[C@]34C)C2(C)C)[C@H](O)[C@@H](O)[C@@H]1O. The fourth-order valence-electron chi connectivity index (χ4n) is 16.3. The van der Waals surface area contributed by atoms with E-state index in [2.05, 4.69) is 54.5 Å². The molecule has 0 spiro atoms. The Bertz CT molecular complexity index is 2160. The van der Waals surface area contributed by atoms with Crippen molar-refractivity contribution in [2.24, 2.45) is 50.2 Å². The number of carbonyl (C=O) groups is 2. The van der Waals surface area contributed by atoms with Crippen molar-refractivity contribution in [3.05, 3.63) is 11.6 Å². The fourth-order valence-corrected chi connectivity index (χ4v) is 16.3. The summed E-state index contributed by atoms with van der Waals surface area (Å²) in [7, 11) is 1.14. The van der Waals surface area contributed by atoms with Gasteiger partial charge in [-0.1, -0.05) is 60.1 Å². The van der Waals surface area contributed by atoms with Gasteiger partial charge < -0.3 is 98.8 Å². The van der Waals surface area contributed by atoms with Gasteiger partial charge in [0.25, 0.3) is 0 Å². The zero-order valence-corrected chi connectivity index (χ0v) is 45.4. The molecule has 0 radical (unpaired) electrons. The highest BCUT2D eigenvalue weighted by molar-refractivity contribution is 5.80. The molecule has 0 aromatic rings. The van der Waals surface area contributed by atoms with Crippen molar-refractivity contribution in [2.45, 2.75) is 249 Å². The van der Waals surface area contributed by atoms with E-state index in [0.29, 0.717) is 25.7 Å². The highest BCUT2D eigenvalue weighted by atomic mass is 16.8. The molecule has 9 aliphatic rings. The lowest BCUT2D eigenvalue weighted by molar-refractivity contribution is -0.376. The summed E-state index contributed by atoms with van der Waals surface area (Å²) in [5.41, 5.74) is -2.43. The van der Waals surface area contributed by atoms with E-state index in [9.17, 15) is 61.0 Å². The summed E-state index contributed by atoms with van der Waals surface area (Å²) in [6.07, 6.45) is -24.5. The number of carbonyl (C=O) groups excluding carboxylic acids is 2. The summed E-state index contributed by atoms with van der Waals surface area (Å²) in [5.74, 6) is -1.98. The average Bonchev–Trinajstić information content (AvgIpc) is 3.54. The van der Waals surface area contributed by atoms with Crippen LogP contribution in [0.3, 0.4) is 0 Å². The van der Waals surface area contributed by atoms with Gasteiger partial charge in [0, 0.05) is 0 Å². The Hall–Kier alpha value is -2.04. The Labute approximate surface area is 443 Å². The van der Waals surface area contributed by atoms with Crippen molar-refractivity contribution in [2.75, 3.05) is 13.7 Å². The van der Waals surface area contributed by atoms with Gasteiger partial charge in [-0.15, -0.1) is 0 Å². The predicted molar refractivity (Wildman–Crippen MR) is 260 cm³/mol. The number of rotatable bonds is 9. The van der Waals surface area contributed by atoms with Crippen LogP contribution in [0.1, 0.15) is 120 Å². The molecular formula is C54H86O22. The highest BCUT2D eigenvalue weighted by Gasteiger charge is 2.72. The lowest BCUT2D eigenvalue weighted by Gasteiger charge is -2.71. The average molecular weight is 1090 g/mol. The Morgan fingerprint density at radius 2 is 1.17 bits per heavy atom. The molecule has 0 bridgehead atoms. The summed E-state index contributed by atoms with van der Waals surface area (Å²) in [4.78, 5) is 28.1. The molecule has 76 heavy (non-hydrogen) atoms. The van der Waals surface area contributed by atoms with E-state index in [-0.39, 0.29) is 40.9 Å². The van der Waals surface area contributed by atoms with Crippen LogP contribution in [0, 0.1) is 50.2 Å². The lowest BCUT2D eigenvalue weighted by atomic mass is 9.33. The third kappa shape index (κ3) is 9.25. The molecule has 22 heteroatoms. The standard InChI is InChI=1S/C54H86O22/c1-22-31(57)33(59)37(63)44(70-22)73-40-26(55)21-69-47(42(40)75-45-38(64)34(60)32(58)23(2)71-45)76-48(67)54-18-17-49(3,4)19-25(54)24-11-12-28-51(7)15-14-30(72-46-39(65)35(61)36(62)41(74-46)43(66)68-10)50(5,6)27(51)13-16-52(28,8)53(24,9)20-29(54)56/h11,22-23,25-42,44-47,55-65H,12-21H2,1-10H3/t22-,23-,25?,26+,27?,28?,29+,30-,31-,32-,33+,34+,35-,36-,37+,38+,39+,40-,41-,42+,44-,45-,46+,47-,51-,52+,53+,54+/m0/s1. The topological polar surface area (TPSA) is 340 Å². The van der Waals surface area contributed by atoms with E-state index in [1.165, 1.54) is 13.8 Å². The second kappa shape index (κ2) is 20.7. The van der Waals surface area contributed by atoms with Crippen molar-refractivity contribution in [3.63, 3.8) is 0 Å². The normalized spacial score (nSPS) is 53.9. The number of hydrogen-bond donors (Lipinski definition) is 11. The minimum absolute atomic E-state index is 0.0980. The van der Waals surface area contributed by atoms with Gasteiger partial charge in [-0.2, -0.15) is 0 Å². The monoisotopic (exact) mass is 1090 g/mol. The summed E-state index contributed by atoms with van der Waals surface area (Å²) in [6, 6.07) is 0. The molecule has 4 saturated carbocycles. The second-order valence-corrected chi connectivity index (χ2v) is 26.1. The molecule has 0 aromatic carbocycles. The largest absolute Gasteiger partial charge is 0.467 e. The first-order chi connectivity index (χ1) is 35.4. The van der Waals surface area contributed by atoms with E-state index in [1.54, 1.807) is 0 Å². The first-order valence-electron chi connectivity index (χ1n) is 27.4. The number of hydrogen-bond acceptors (Lipinski definition) is 22. The predicted octanol–water partition coefficient (Wildman–Crippen LogP) is -0.189. The van der Waals surface area contributed by atoms with Crippen LogP contribution in [-0.4, -0.2) is 211 Å². The van der Waals surface area contributed by atoms with E-state index in [1.807, 2.05) is 0 Å². The summed E-state index contributed by atoms with van der Waals surface area (Å²) in [5, 5.41) is 121. The molecule has 4 heterocycles. The van der Waals surface area contributed by atoms with Gasteiger partial charge >= 0.3 is 11.9 Å². The highest BCUT2D eigenvalue weighted by Crippen LogP contribution is 2.76. The second-order valence-electron chi connectivity index (χ2n) is 26.1. The smallest absolute Gasteiger partial charge is 0.337 e. The molecule has 3 unspecified atom stereocenters. The molecule has 11 N–H and O–H groups in total. The Balaban J connectivity index is 1.00. The molecule has 28 atom stereocenters. The van der Waals surface area contributed by atoms with Gasteiger partial charge in [-0.3, -0.25) is 4.79 Å². The maximum atomic E-state index is 15.6. The van der Waals surface area contributed by atoms with E-state index in [4.69, 9.17) is 42.6 Å². The van der Waals surface area contributed by atoms with E-state index < -0.39 is 170 Å². The summed E-state index contributed by atoms with van der Waals surface area (Å²) >= 11 is 0. The molecule has 22 nitrogen and oxygen atoms in total. The zero-order chi connectivity index (χ0) is 55.7. The molecule has 8 fully saturated rings. The molecule has 434 valence electrons. The third-order valence-electron chi connectivity index (χ3n) is 21.1. The van der Waals surface area contributed by atoms with Gasteiger partial charge in [-0.05, 0) is 116 Å². The first-order valence-corrected chi connectivity index (χ1v) is 27.4. The molecular weight excluding hydrogens is 1000 g/mol. The van der Waals surface area contributed by atoms with Crippen LogP contribution >= 0.6 is 0 Å². The Morgan fingerprint density at radius 3 is 1.76 bits per heavy atom. The minimum Gasteiger partial charge on any atom is -0.467 e. The van der Waals surface area contributed by atoms with Gasteiger partial charge in [-0.25, -0.2) is 4.79 Å². The van der Waals surface area contributed by atoms with Crippen molar-refractivity contribution < 1.29 is 108 Å².